The third-order valence-corrected chi connectivity index (χ3v) is 6.93. The number of nitriles is 1. The van der Waals surface area contributed by atoms with Crippen molar-refractivity contribution in [1.82, 2.24) is 24.8 Å². The lowest BCUT2D eigenvalue weighted by atomic mass is 10.0. The van der Waals surface area contributed by atoms with Crippen LogP contribution in [0.4, 0.5) is 27.8 Å². The minimum Gasteiger partial charge on any atom is -0.508 e. The molecule has 1 aliphatic heterocycles. The molecule has 1 amide bonds. The molecule has 1 fully saturated rings. The van der Waals surface area contributed by atoms with Crippen LogP contribution in [0.3, 0.4) is 0 Å². The van der Waals surface area contributed by atoms with Gasteiger partial charge in [0.2, 0.25) is 0 Å². The number of nitrogens with zero attached hydrogens (tertiary/aromatic N) is 7. The van der Waals surface area contributed by atoms with Gasteiger partial charge in [0.05, 0.1) is 42.3 Å². The van der Waals surface area contributed by atoms with Gasteiger partial charge >= 0.3 is 12.2 Å². The van der Waals surface area contributed by atoms with Crippen LogP contribution in [0, 0.1) is 17.1 Å². The number of carbonyl (C=O) groups is 1. The number of phenolic OH excluding ortho intramolecular Hbond substituents is 1. The lowest BCUT2D eigenvalue weighted by Gasteiger charge is -2.41. The van der Waals surface area contributed by atoms with E-state index in [4.69, 9.17) is 4.74 Å². The maximum atomic E-state index is 15.9. The van der Waals surface area contributed by atoms with Crippen LogP contribution >= 0.6 is 0 Å². The van der Waals surface area contributed by atoms with E-state index in [1.54, 1.807) is 17.0 Å². The number of alkyl halides is 3. The molecular formula is C29H22F5N7O3. The number of amides is 1. The lowest BCUT2D eigenvalue weighted by molar-refractivity contribution is -0.137. The number of carbonyl (C=O) groups excluding carboxylic acids is 1. The fourth-order valence-corrected chi connectivity index (χ4v) is 4.90. The summed E-state index contributed by atoms with van der Waals surface area (Å²) in [6.07, 6.45) is -1.52. The molecule has 0 aliphatic carbocycles. The number of phenols is 1. The van der Waals surface area contributed by atoms with Gasteiger partial charge in [0.25, 0.3) is 5.91 Å². The Labute approximate surface area is 246 Å². The number of anilines is 1. The van der Waals surface area contributed by atoms with Gasteiger partial charge in [-0.3, -0.25) is 14.8 Å². The summed E-state index contributed by atoms with van der Waals surface area (Å²) in [5, 5.41) is 19.3. The fraction of sp³-hybridized carbons (Fsp3) is 0.241. The topological polar surface area (TPSA) is 128 Å². The summed E-state index contributed by atoms with van der Waals surface area (Å²) in [5.74, 6) is -3.68. The molecule has 10 nitrogen and oxygen atoms in total. The predicted octanol–water partition coefficient (Wildman–Crippen LogP) is 4.90. The Morgan fingerprint density at radius 2 is 2.00 bits per heavy atom. The normalized spacial score (nSPS) is 15.8. The zero-order chi connectivity index (χ0) is 31.6. The number of halogens is 5. The van der Waals surface area contributed by atoms with Gasteiger partial charge < -0.3 is 19.6 Å². The van der Waals surface area contributed by atoms with E-state index in [-0.39, 0.29) is 49.0 Å². The molecule has 1 aliphatic rings. The van der Waals surface area contributed by atoms with Crippen LogP contribution in [-0.2, 0) is 11.0 Å². The first-order chi connectivity index (χ1) is 21.0. The minimum absolute atomic E-state index is 0.0116. The fourth-order valence-electron chi connectivity index (χ4n) is 4.90. The van der Waals surface area contributed by atoms with E-state index in [2.05, 4.69) is 19.9 Å². The third kappa shape index (κ3) is 5.91. The molecule has 4 aromatic rings. The second kappa shape index (κ2) is 12.1. The number of hydrogen-bond donors (Lipinski definition) is 1. The van der Waals surface area contributed by atoms with Gasteiger partial charge in [-0.05, 0) is 30.3 Å². The van der Waals surface area contributed by atoms with Gasteiger partial charge in [-0.15, -0.1) is 0 Å². The summed E-state index contributed by atoms with van der Waals surface area (Å²) in [6, 6.07) is 7.86. The number of hydrogen-bond acceptors (Lipinski definition) is 9. The molecule has 1 N–H and O–H groups in total. The van der Waals surface area contributed by atoms with Crippen LogP contribution < -0.4 is 9.64 Å². The molecule has 5 rings (SSSR count). The number of aromatic hydroxyl groups is 1. The van der Waals surface area contributed by atoms with Crippen molar-refractivity contribution in [3.63, 3.8) is 0 Å². The number of methoxy groups -OCH3 is 1. The number of rotatable bonds is 6. The Morgan fingerprint density at radius 1 is 1.20 bits per heavy atom. The molecule has 1 saturated heterocycles. The van der Waals surface area contributed by atoms with E-state index in [9.17, 15) is 32.7 Å². The molecular weight excluding hydrogens is 589 g/mol. The second-order valence-corrected chi connectivity index (χ2v) is 9.65. The molecule has 44 heavy (non-hydrogen) atoms. The molecule has 15 heteroatoms. The summed E-state index contributed by atoms with van der Waals surface area (Å²) in [6.45, 7) is -0.0117. The smallest absolute Gasteiger partial charge is 0.417 e. The standard InChI is InChI=1S/C29H22F5N7O3/c1-44-28-38-25-20(14-37-24(23(25)31)19-13-18(42)5-6-21(19)29(32,33)34)26(39-28)40-10-11-41(17(15-40)7-8-35)27(43)22(30)12-16-4-2-3-9-36-16/h2-6,9,12-14,17,42H,7,10-11,15H2,1H3/b22-12-. The Balaban J connectivity index is 1.53. The van der Waals surface area contributed by atoms with Gasteiger partial charge in [-0.2, -0.15) is 28.4 Å². The van der Waals surface area contributed by atoms with Crippen molar-refractivity contribution >= 4 is 28.7 Å². The van der Waals surface area contributed by atoms with Gasteiger partial charge in [0.1, 0.15) is 22.8 Å². The Bertz CT molecular complexity index is 1790. The maximum absolute atomic E-state index is 15.9. The molecule has 0 bridgehead atoms. The summed E-state index contributed by atoms with van der Waals surface area (Å²) < 4.78 is 77.1. The first kappa shape index (κ1) is 30.1. The zero-order valence-corrected chi connectivity index (χ0v) is 22.9. The Morgan fingerprint density at radius 3 is 2.68 bits per heavy atom. The molecule has 0 saturated carbocycles. The number of ether oxygens (including phenoxy) is 1. The monoisotopic (exact) mass is 611 g/mol. The minimum atomic E-state index is -4.88. The largest absolute Gasteiger partial charge is 0.508 e. The molecule has 226 valence electrons. The second-order valence-electron chi connectivity index (χ2n) is 9.65. The average molecular weight is 612 g/mol. The highest BCUT2D eigenvalue weighted by Crippen LogP contribution is 2.40. The van der Waals surface area contributed by atoms with E-state index in [1.807, 2.05) is 6.07 Å². The Hall–Kier alpha value is -5.39. The van der Waals surface area contributed by atoms with Crippen LogP contribution in [0.25, 0.3) is 28.2 Å². The van der Waals surface area contributed by atoms with Crippen molar-refractivity contribution in [1.29, 1.82) is 5.26 Å². The van der Waals surface area contributed by atoms with Crippen LogP contribution in [0.15, 0.2) is 54.6 Å². The van der Waals surface area contributed by atoms with Crippen molar-refractivity contribution in [2.24, 2.45) is 0 Å². The van der Waals surface area contributed by atoms with Gasteiger partial charge in [0, 0.05) is 43.7 Å². The number of fused-ring (bicyclic) bond motifs is 1. The maximum Gasteiger partial charge on any atom is 0.417 e. The average Bonchev–Trinajstić information content (AvgIpc) is 3.00. The van der Waals surface area contributed by atoms with Gasteiger partial charge in [0.15, 0.2) is 11.6 Å². The van der Waals surface area contributed by atoms with Crippen molar-refractivity contribution in [2.45, 2.75) is 18.6 Å². The number of pyridine rings is 2. The summed E-state index contributed by atoms with van der Waals surface area (Å²) in [5.41, 5.74) is -2.80. The van der Waals surface area contributed by atoms with E-state index in [1.165, 1.54) is 24.3 Å². The highest BCUT2D eigenvalue weighted by Gasteiger charge is 2.36. The van der Waals surface area contributed by atoms with E-state index in [0.717, 1.165) is 24.4 Å². The van der Waals surface area contributed by atoms with Gasteiger partial charge in [-0.1, -0.05) is 6.07 Å². The van der Waals surface area contributed by atoms with E-state index < -0.39 is 57.9 Å². The third-order valence-electron chi connectivity index (χ3n) is 6.93. The SMILES string of the molecule is COc1nc(N2CCN(C(=O)/C(F)=C/c3ccccn3)C(CC#N)C2)c2cnc(-c3cc(O)ccc3C(F)(F)F)c(F)c2n1. The lowest BCUT2D eigenvalue weighted by Crippen LogP contribution is -2.55. The number of aromatic nitrogens is 4. The first-order valence-corrected chi connectivity index (χ1v) is 13.0. The molecule has 4 heterocycles. The molecule has 0 radical (unpaired) electrons. The molecule has 3 aromatic heterocycles. The summed E-state index contributed by atoms with van der Waals surface area (Å²) in [4.78, 5) is 32.1. The van der Waals surface area contributed by atoms with Crippen molar-refractivity contribution in [2.75, 3.05) is 31.6 Å². The quantitative estimate of drug-likeness (QED) is 0.239. The number of benzene rings is 1. The van der Waals surface area contributed by atoms with Crippen LogP contribution in [0.1, 0.15) is 17.7 Å². The van der Waals surface area contributed by atoms with Crippen LogP contribution in [0.5, 0.6) is 11.8 Å². The number of piperazine rings is 1. The highest BCUT2D eigenvalue weighted by atomic mass is 19.4. The van der Waals surface area contributed by atoms with Crippen LogP contribution in [0.2, 0.25) is 0 Å². The van der Waals surface area contributed by atoms with Crippen molar-refractivity contribution in [3.05, 3.63) is 71.7 Å². The van der Waals surface area contributed by atoms with Crippen molar-refractivity contribution < 1.29 is 36.6 Å². The van der Waals surface area contributed by atoms with Gasteiger partial charge in [-0.25, -0.2) is 8.78 Å². The summed E-state index contributed by atoms with van der Waals surface area (Å²) in [7, 11) is 1.22. The molecule has 0 spiro atoms. The van der Waals surface area contributed by atoms with Crippen molar-refractivity contribution in [3.8, 4) is 29.1 Å². The van der Waals surface area contributed by atoms with Crippen LogP contribution in [-0.4, -0.2) is 68.6 Å². The molecule has 1 aromatic carbocycles. The molecule has 1 atom stereocenters. The summed E-state index contributed by atoms with van der Waals surface area (Å²) >= 11 is 0. The zero-order valence-electron chi connectivity index (χ0n) is 22.9. The molecule has 1 unspecified atom stereocenters. The first-order valence-electron chi connectivity index (χ1n) is 13.0. The van der Waals surface area contributed by atoms with E-state index >= 15 is 4.39 Å². The highest BCUT2D eigenvalue weighted by molar-refractivity contribution is 5.96. The van der Waals surface area contributed by atoms with E-state index in [0.29, 0.717) is 6.07 Å². The Kier molecular flexibility index (Phi) is 8.26. The predicted molar refractivity (Wildman–Crippen MR) is 147 cm³/mol.